The average Bonchev–Trinajstić information content (AvgIpc) is 3.30. The van der Waals surface area contributed by atoms with E-state index < -0.39 is 0 Å². The first-order chi connectivity index (χ1) is 13.0. The predicted molar refractivity (Wildman–Crippen MR) is 104 cm³/mol. The van der Waals surface area contributed by atoms with E-state index in [1.54, 1.807) is 42.3 Å². The van der Waals surface area contributed by atoms with Gasteiger partial charge in [-0.25, -0.2) is 4.98 Å². The molecular formula is C19H18N4O3S. The Hall–Kier alpha value is -3.00. The van der Waals surface area contributed by atoms with Crippen molar-refractivity contribution < 1.29 is 9.59 Å². The molecule has 1 aliphatic rings. The third-order valence-corrected chi connectivity index (χ3v) is 5.50. The zero-order valence-corrected chi connectivity index (χ0v) is 15.6. The predicted octanol–water partition coefficient (Wildman–Crippen LogP) is 2.38. The minimum Gasteiger partial charge on any atom is -0.334 e. The molecule has 0 radical (unpaired) electrons. The van der Waals surface area contributed by atoms with E-state index in [9.17, 15) is 14.4 Å². The number of H-pyrrole nitrogens is 1. The molecule has 0 saturated carbocycles. The molecule has 7 nitrogen and oxygen atoms in total. The molecule has 0 bridgehead atoms. The first-order valence-electron chi connectivity index (χ1n) is 8.65. The zero-order valence-electron chi connectivity index (χ0n) is 14.8. The van der Waals surface area contributed by atoms with Crippen LogP contribution in [0.5, 0.6) is 0 Å². The second-order valence-corrected chi connectivity index (χ2v) is 7.42. The number of benzene rings is 1. The molecule has 2 aromatic heterocycles. The molecule has 1 saturated heterocycles. The number of amides is 2. The summed E-state index contributed by atoms with van der Waals surface area (Å²) < 4.78 is 0.583. The van der Waals surface area contributed by atoms with Crippen LogP contribution in [0, 0.1) is 0 Å². The van der Waals surface area contributed by atoms with Crippen LogP contribution in [0.2, 0.25) is 0 Å². The molecule has 0 aliphatic carbocycles. The highest BCUT2D eigenvalue weighted by atomic mass is 32.1. The van der Waals surface area contributed by atoms with Gasteiger partial charge in [-0.05, 0) is 42.1 Å². The number of thiophene rings is 1. The maximum absolute atomic E-state index is 12.7. The van der Waals surface area contributed by atoms with E-state index in [0.717, 1.165) is 18.7 Å². The van der Waals surface area contributed by atoms with Gasteiger partial charge in [-0.3, -0.25) is 14.4 Å². The summed E-state index contributed by atoms with van der Waals surface area (Å²) >= 11 is 1.34. The van der Waals surface area contributed by atoms with Gasteiger partial charge in [-0.2, -0.15) is 0 Å². The number of rotatable bonds is 4. The minimum atomic E-state index is -0.189. The smallest absolute Gasteiger partial charge is 0.268 e. The fraction of sp³-hybridized carbons (Fsp3) is 0.263. The van der Waals surface area contributed by atoms with Crippen molar-refractivity contribution in [3.63, 3.8) is 0 Å². The van der Waals surface area contributed by atoms with Crippen LogP contribution >= 0.6 is 11.3 Å². The Bertz CT molecular complexity index is 1070. The zero-order chi connectivity index (χ0) is 19.0. The van der Waals surface area contributed by atoms with Crippen molar-refractivity contribution in [1.82, 2.24) is 14.9 Å². The van der Waals surface area contributed by atoms with E-state index in [2.05, 4.69) is 9.97 Å². The van der Waals surface area contributed by atoms with Gasteiger partial charge < -0.3 is 14.8 Å². The molecule has 4 rings (SSSR count). The molecule has 1 fully saturated rings. The molecule has 1 aliphatic heterocycles. The van der Waals surface area contributed by atoms with Crippen LogP contribution in [0.25, 0.3) is 10.2 Å². The summed E-state index contributed by atoms with van der Waals surface area (Å²) in [4.78, 5) is 46.9. The number of carbonyl (C=O) groups is 2. The van der Waals surface area contributed by atoms with E-state index in [1.807, 2.05) is 5.38 Å². The quantitative estimate of drug-likeness (QED) is 0.751. The van der Waals surface area contributed by atoms with Gasteiger partial charge >= 0.3 is 0 Å². The Labute approximate surface area is 159 Å². The summed E-state index contributed by atoms with van der Waals surface area (Å²) in [5.41, 5.74) is 1.78. The maximum Gasteiger partial charge on any atom is 0.268 e. The molecule has 3 heterocycles. The molecule has 27 heavy (non-hydrogen) atoms. The van der Waals surface area contributed by atoms with Crippen molar-refractivity contribution in [1.29, 1.82) is 0 Å². The first-order valence-corrected chi connectivity index (χ1v) is 9.53. The van der Waals surface area contributed by atoms with Gasteiger partial charge in [0.05, 0.1) is 12.1 Å². The highest BCUT2D eigenvalue weighted by Crippen LogP contribution is 2.22. The van der Waals surface area contributed by atoms with Crippen LogP contribution < -0.4 is 10.5 Å². The van der Waals surface area contributed by atoms with E-state index in [1.165, 1.54) is 16.2 Å². The van der Waals surface area contributed by atoms with Gasteiger partial charge in [0.25, 0.3) is 11.5 Å². The average molecular weight is 382 g/mol. The molecular weight excluding hydrogens is 364 g/mol. The van der Waals surface area contributed by atoms with Crippen LogP contribution in [0.3, 0.4) is 0 Å². The van der Waals surface area contributed by atoms with Crippen molar-refractivity contribution in [3.05, 3.63) is 57.5 Å². The highest BCUT2D eigenvalue weighted by molar-refractivity contribution is 7.17. The normalized spacial score (nSPS) is 14.1. The number of aromatic amines is 1. The number of aromatic nitrogens is 2. The largest absolute Gasteiger partial charge is 0.334 e. The maximum atomic E-state index is 12.7. The summed E-state index contributed by atoms with van der Waals surface area (Å²) in [6.45, 7) is 0.919. The van der Waals surface area contributed by atoms with Crippen molar-refractivity contribution in [2.75, 3.05) is 18.5 Å². The second-order valence-electron chi connectivity index (χ2n) is 6.50. The number of anilines is 1. The van der Waals surface area contributed by atoms with Crippen LogP contribution in [-0.2, 0) is 11.3 Å². The Morgan fingerprint density at radius 1 is 1.26 bits per heavy atom. The van der Waals surface area contributed by atoms with E-state index >= 15 is 0 Å². The lowest BCUT2D eigenvalue weighted by molar-refractivity contribution is -0.117. The van der Waals surface area contributed by atoms with Crippen molar-refractivity contribution in [3.8, 4) is 0 Å². The molecule has 8 heteroatoms. The summed E-state index contributed by atoms with van der Waals surface area (Å²) in [5.74, 6) is 0.383. The minimum absolute atomic E-state index is 0.116. The third kappa shape index (κ3) is 3.35. The van der Waals surface area contributed by atoms with E-state index in [-0.39, 0.29) is 23.9 Å². The lowest BCUT2D eigenvalue weighted by atomic mass is 10.1. The van der Waals surface area contributed by atoms with Crippen molar-refractivity contribution in [2.24, 2.45) is 0 Å². The Balaban J connectivity index is 1.49. The molecule has 0 unspecified atom stereocenters. The monoisotopic (exact) mass is 382 g/mol. The van der Waals surface area contributed by atoms with Crippen LogP contribution in [0.4, 0.5) is 5.69 Å². The van der Waals surface area contributed by atoms with Crippen LogP contribution in [0.1, 0.15) is 29.0 Å². The van der Waals surface area contributed by atoms with Crippen LogP contribution in [0.15, 0.2) is 40.5 Å². The molecule has 138 valence electrons. The van der Waals surface area contributed by atoms with E-state index in [4.69, 9.17) is 0 Å². The highest BCUT2D eigenvalue weighted by Gasteiger charge is 2.22. The van der Waals surface area contributed by atoms with Gasteiger partial charge in [-0.1, -0.05) is 0 Å². The fourth-order valence-corrected chi connectivity index (χ4v) is 3.94. The number of hydrogen-bond acceptors (Lipinski definition) is 5. The molecule has 0 atom stereocenters. The first kappa shape index (κ1) is 17.4. The van der Waals surface area contributed by atoms with Gasteiger partial charge in [0.2, 0.25) is 5.91 Å². The molecule has 1 aromatic carbocycles. The summed E-state index contributed by atoms with van der Waals surface area (Å²) in [7, 11) is 1.66. The second kappa shape index (κ2) is 6.96. The van der Waals surface area contributed by atoms with Crippen molar-refractivity contribution in [2.45, 2.75) is 19.4 Å². The van der Waals surface area contributed by atoms with Gasteiger partial charge in [0.1, 0.15) is 10.5 Å². The lowest BCUT2D eigenvalue weighted by Gasteiger charge is -2.18. The van der Waals surface area contributed by atoms with E-state index in [0.29, 0.717) is 28.0 Å². The number of carbonyl (C=O) groups excluding carboxylic acids is 2. The van der Waals surface area contributed by atoms with Crippen molar-refractivity contribution >= 4 is 39.1 Å². The standard InChI is InChI=1S/C19H18N4O3S/c1-22(11-15-20-14-8-10-27-17(14)18(25)21-15)19(26)12-4-6-13(7-5-12)23-9-2-3-16(23)24/h4-8,10H,2-3,9,11H2,1H3,(H,20,21,25). The number of hydrogen-bond donors (Lipinski definition) is 1. The van der Waals surface area contributed by atoms with Crippen LogP contribution in [-0.4, -0.2) is 40.3 Å². The molecule has 1 N–H and O–H groups in total. The number of nitrogens with zero attached hydrogens (tertiary/aromatic N) is 3. The third-order valence-electron chi connectivity index (χ3n) is 4.60. The molecule has 0 spiro atoms. The lowest BCUT2D eigenvalue weighted by Crippen LogP contribution is -2.28. The molecule has 3 aromatic rings. The topological polar surface area (TPSA) is 86.4 Å². The van der Waals surface area contributed by atoms with Gasteiger partial charge in [0, 0.05) is 31.3 Å². The fourth-order valence-electron chi connectivity index (χ4n) is 3.22. The molecule has 2 amide bonds. The van der Waals surface area contributed by atoms with Gasteiger partial charge in [-0.15, -0.1) is 11.3 Å². The number of fused-ring (bicyclic) bond motifs is 1. The number of nitrogens with one attached hydrogen (secondary N) is 1. The van der Waals surface area contributed by atoms with Gasteiger partial charge in [0.15, 0.2) is 0 Å². The Morgan fingerprint density at radius 3 is 2.74 bits per heavy atom. The summed E-state index contributed by atoms with van der Waals surface area (Å²) in [5, 5.41) is 1.82. The Kier molecular flexibility index (Phi) is 4.49. The SMILES string of the molecule is CN(Cc1nc2ccsc2c(=O)[nH]1)C(=O)c1ccc(N2CCCC2=O)cc1. The summed E-state index contributed by atoms with van der Waals surface area (Å²) in [6.07, 6.45) is 1.44. The Morgan fingerprint density at radius 2 is 2.04 bits per heavy atom. The summed E-state index contributed by atoms with van der Waals surface area (Å²) in [6, 6.07) is 8.82.